The maximum absolute atomic E-state index is 13.0. The summed E-state index contributed by atoms with van der Waals surface area (Å²) in [6, 6.07) is 7.97. The van der Waals surface area contributed by atoms with Gasteiger partial charge in [0.1, 0.15) is 5.82 Å². The van der Waals surface area contributed by atoms with Gasteiger partial charge in [0.25, 0.3) is 10.0 Å². The van der Waals surface area contributed by atoms with E-state index in [0.717, 1.165) is 17.7 Å². The summed E-state index contributed by atoms with van der Waals surface area (Å²) in [5.74, 6) is -0.388. The predicted octanol–water partition coefficient (Wildman–Crippen LogP) is 4.58. The molecule has 0 aliphatic heterocycles. The van der Waals surface area contributed by atoms with E-state index >= 15 is 0 Å². The number of carbonyl (C=O) groups is 1. The smallest absolute Gasteiger partial charge is 0.342 e. The second-order valence-electron chi connectivity index (χ2n) is 8.45. The van der Waals surface area contributed by atoms with Crippen LogP contribution in [0.5, 0.6) is 0 Å². The van der Waals surface area contributed by atoms with Crippen molar-refractivity contribution in [2.75, 3.05) is 0 Å². The van der Waals surface area contributed by atoms with E-state index in [1.807, 2.05) is 0 Å². The fourth-order valence-corrected chi connectivity index (χ4v) is 5.04. The zero-order valence-corrected chi connectivity index (χ0v) is 19.1. The zero-order chi connectivity index (χ0) is 24.5. The molecule has 0 unspecified atom stereocenters. The van der Waals surface area contributed by atoms with Crippen LogP contribution < -0.4 is 4.72 Å². The van der Waals surface area contributed by atoms with Crippen LogP contribution in [0, 0.1) is 12.8 Å². The highest BCUT2D eigenvalue weighted by Gasteiger charge is 2.32. The summed E-state index contributed by atoms with van der Waals surface area (Å²) in [4.78, 5) is 23.9. The molecule has 0 saturated heterocycles. The molecule has 7 nitrogen and oxygen atoms in total. The normalized spacial score (nSPS) is 19.1. The van der Waals surface area contributed by atoms with E-state index in [4.69, 9.17) is 0 Å². The summed E-state index contributed by atoms with van der Waals surface area (Å²) >= 11 is 0. The molecule has 1 saturated carbocycles. The van der Waals surface area contributed by atoms with Crippen LogP contribution >= 0.6 is 0 Å². The molecule has 1 amide bonds. The summed E-state index contributed by atoms with van der Waals surface area (Å²) in [6.45, 7) is 1.78. The molecule has 1 aromatic carbocycles. The number of hydrogen-bond acceptors (Lipinski definition) is 5. The van der Waals surface area contributed by atoms with Gasteiger partial charge in [-0.05, 0) is 56.4 Å². The van der Waals surface area contributed by atoms with Gasteiger partial charge in [-0.3, -0.25) is 4.79 Å². The van der Waals surface area contributed by atoms with E-state index in [-0.39, 0.29) is 10.9 Å². The topological polar surface area (TPSA) is 105 Å². The number of alkyl halides is 3. The first-order chi connectivity index (χ1) is 16.0. The molecule has 2 N–H and O–H groups in total. The molecule has 0 radical (unpaired) electrons. The van der Waals surface area contributed by atoms with Gasteiger partial charge in [-0.2, -0.15) is 21.6 Å². The number of nitrogens with one attached hydrogen (secondary N) is 2. The highest BCUT2D eigenvalue weighted by molar-refractivity contribution is 7.90. The van der Waals surface area contributed by atoms with Gasteiger partial charge in [0, 0.05) is 23.6 Å². The molecular formula is C23H23F3N4O3S. The fraction of sp³-hybridized carbons (Fsp3) is 0.348. The number of aromatic nitrogens is 3. The second-order valence-corrected chi connectivity index (χ2v) is 10.1. The summed E-state index contributed by atoms with van der Waals surface area (Å²) in [5, 5.41) is -0.210. The Morgan fingerprint density at radius 1 is 1.06 bits per heavy atom. The molecular weight excluding hydrogens is 469 g/mol. The Bertz CT molecular complexity index is 1280. The molecule has 1 aliphatic rings. The number of pyridine rings is 1. The van der Waals surface area contributed by atoms with Gasteiger partial charge in [0.15, 0.2) is 5.03 Å². The minimum Gasteiger partial charge on any atom is -0.342 e. The fourth-order valence-electron chi connectivity index (χ4n) is 4.06. The third-order valence-corrected chi connectivity index (χ3v) is 7.24. The van der Waals surface area contributed by atoms with Crippen molar-refractivity contribution < 1.29 is 26.4 Å². The Labute approximate surface area is 194 Å². The van der Waals surface area contributed by atoms with Crippen LogP contribution in [0.3, 0.4) is 0 Å². The van der Waals surface area contributed by atoms with Gasteiger partial charge in [-0.15, -0.1) is 0 Å². The molecule has 11 heteroatoms. The molecule has 180 valence electrons. The summed E-state index contributed by atoms with van der Waals surface area (Å²) in [7, 11) is -4.04. The maximum atomic E-state index is 13.0. The lowest BCUT2D eigenvalue weighted by Gasteiger charge is -2.26. The molecule has 2 aromatic heterocycles. The van der Waals surface area contributed by atoms with Gasteiger partial charge in [0.05, 0.1) is 17.5 Å². The van der Waals surface area contributed by atoms with Crippen molar-refractivity contribution in [3.8, 4) is 11.3 Å². The SMILES string of the molecule is Cc1ccc(S(=O)(=O)NC(=O)C2CCC(c3ncc(-c4cccc(C(F)(F)F)c4)[nH]3)CC2)nc1. The van der Waals surface area contributed by atoms with E-state index in [1.54, 1.807) is 19.1 Å². The lowest BCUT2D eigenvalue weighted by Crippen LogP contribution is -2.37. The third-order valence-electron chi connectivity index (χ3n) is 5.98. The van der Waals surface area contributed by atoms with Crippen LogP contribution in [0.15, 0.2) is 53.8 Å². The average Bonchev–Trinajstić information content (AvgIpc) is 3.29. The number of aromatic amines is 1. The lowest BCUT2D eigenvalue weighted by molar-refractivity contribution is -0.137. The van der Waals surface area contributed by atoms with E-state index in [2.05, 4.69) is 19.7 Å². The molecule has 1 fully saturated rings. The Kier molecular flexibility index (Phi) is 6.48. The molecule has 2 heterocycles. The Balaban J connectivity index is 1.38. The van der Waals surface area contributed by atoms with Gasteiger partial charge >= 0.3 is 6.18 Å². The number of sulfonamides is 1. The third kappa shape index (κ3) is 5.30. The second kappa shape index (κ2) is 9.21. The zero-order valence-electron chi connectivity index (χ0n) is 18.3. The first kappa shape index (κ1) is 23.9. The van der Waals surface area contributed by atoms with Crippen LogP contribution in [-0.4, -0.2) is 29.3 Å². The predicted molar refractivity (Wildman–Crippen MR) is 118 cm³/mol. The number of aryl methyl sites for hydroxylation is 1. The average molecular weight is 493 g/mol. The first-order valence-electron chi connectivity index (χ1n) is 10.7. The Morgan fingerprint density at radius 3 is 2.44 bits per heavy atom. The van der Waals surface area contributed by atoms with Crippen LogP contribution in [0.25, 0.3) is 11.3 Å². The number of rotatable bonds is 5. The van der Waals surface area contributed by atoms with Gasteiger partial charge in [0.2, 0.25) is 5.91 Å². The first-order valence-corrected chi connectivity index (χ1v) is 12.2. The van der Waals surface area contributed by atoms with Crippen molar-refractivity contribution in [1.29, 1.82) is 0 Å². The van der Waals surface area contributed by atoms with E-state index < -0.39 is 33.6 Å². The number of imidazole rings is 1. The molecule has 3 aromatic rings. The number of nitrogens with zero attached hydrogens (tertiary/aromatic N) is 2. The van der Waals surface area contributed by atoms with Crippen molar-refractivity contribution in [2.45, 2.75) is 49.7 Å². The number of benzene rings is 1. The number of amides is 1. The quantitative estimate of drug-likeness (QED) is 0.543. The number of H-pyrrole nitrogens is 1. The number of hydrogen-bond donors (Lipinski definition) is 2. The highest BCUT2D eigenvalue weighted by Crippen LogP contribution is 2.36. The minimum atomic E-state index is -4.43. The van der Waals surface area contributed by atoms with Crippen molar-refractivity contribution in [1.82, 2.24) is 19.7 Å². The van der Waals surface area contributed by atoms with Gasteiger partial charge in [-0.25, -0.2) is 14.7 Å². The standard InChI is InChI=1S/C23H23F3N4O3S/c1-14-5-10-20(27-12-14)34(32,33)30-22(31)16-8-6-15(7-9-16)21-28-13-19(29-21)17-3-2-4-18(11-17)23(24,25)26/h2-5,10-13,15-16H,6-9H2,1H3,(H,28,29)(H,30,31). The molecule has 0 spiro atoms. The van der Waals surface area contributed by atoms with Crippen LogP contribution in [-0.2, 0) is 21.0 Å². The van der Waals surface area contributed by atoms with Crippen molar-refractivity contribution in [3.05, 3.63) is 65.7 Å². The number of carbonyl (C=O) groups excluding carboxylic acids is 1. The minimum absolute atomic E-state index is 0.000953. The highest BCUT2D eigenvalue weighted by atomic mass is 32.2. The molecule has 4 rings (SSSR count). The Hall–Kier alpha value is -3.21. The summed E-state index contributed by atoms with van der Waals surface area (Å²) in [6.07, 6.45) is 0.611. The van der Waals surface area contributed by atoms with Crippen molar-refractivity contribution in [3.63, 3.8) is 0 Å². The van der Waals surface area contributed by atoms with Crippen LogP contribution in [0.2, 0.25) is 0 Å². The summed E-state index contributed by atoms with van der Waals surface area (Å²) < 4.78 is 66.0. The van der Waals surface area contributed by atoms with Gasteiger partial charge < -0.3 is 4.98 Å². The van der Waals surface area contributed by atoms with E-state index in [1.165, 1.54) is 24.5 Å². The van der Waals surface area contributed by atoms with Crippen LogP contribution in [0.4, 0.5) is 13.2 Å². The number of halogens is 3. The molecule has 0 atom stereocenters. The van der Waals surface area contributed by atoms with Gasteiger partial charge in [-0.1, -0.05) is 18.2 Å². The monoisotopic (exact) mass is 492 g/mol. The maximum Gasteiger partial charge on any atom is 0.416 e. The molecule has 1 aliphatic carbocycles. The lowest BCUT2D eigenvalue weighted by atomic mass is 9.81. The molecule has 0 bridgehead atoms. The Morgan fingerprint density at radius 2 is 1.79 bits per heavy atom. The molecule has 34 heavy (non-hydrogen) atoms. The summed E-state index contributed by atoms with van der Waals surface area (Å²) in [5.41, 5.74) is 0.940. The largest absolute Gasteiger partial charge is 0.416 e. The van der Waals surface area contributed by atoms with Crippen LogP contribution in [0.1, 0.15) is 48.6 Å². The van der Waals surface area contributed by atoms with Crippen molar-refractivity contribution in [2.24, 2.45) is 5.92 Å². The van der Waals surface area contributed by atoms with E-state index in [0.29, 0.717) is 42.8 Å². The van der Waals surface area contributed by atoms with E-state index in [9.17, 15) is 26.4 Å². The van der Waals surface area contributed by atoms with Crippen molar-refractivity contribution >= 4 is 15.9 Å².